The molecule has 0 unspecified atom stereocenters. The molecular formula is C17H27IN4O3. The van der Waals surface area contributed by atoms with E-state index < -0.39 is 0 Å². The van der Waals surface area contributed by atoms with Crippen LogP contribution in [0.4, 0.5) is 0 Å². The molecule has 1 fully saturated rings. The Balaban J connectivity index is 0.00000312. The molecule has 0 spiro atoms. The number of nitrogens with zero attached hydrogens (tertiary/aromatic N) is 2. The van der Waals surface area contributed by atoms with E-state index in [2.05, 4.69) is 20.5 Å². The van der Waals surface area contributed by atoms with E-state index in [1.54, 1.807) is 19.2 Å². The van der Waals surface area contributed by atoms with Crippen LogP contribution in [0.1, 0.15) is 15.9 Å². The second kappa shape index (κ2) is 12.0. The van der Waals surface area contributed by atoms with E-state index in [-0.39, 0.29) is 29.9 Å². The largest absolute Gasteiger partial charge is 0.465 e. The molecule has 1 heterocycles. The van der Waals surface area contributed by atoms with E-state index in [0.29, 0.717) is 12.1 Å². The van der Waals surface area contributed by atoms with E-state index in [0.717, 1.165) is 50.9 Å². The number of methoxy groups -OCH3 is 1. The molecule has 1 aromatic rings. The Kier molecular flexibility index (Phi) is 10.4. The van der Waals surface area contributed by atoms with E-state index in [9.17, 15) is 4.79 Å². The first-order chi connectivity index (χ1) is 11.7. The molecule has 1 aromatic carbocycles. The van der Waals surface area contributed by atoms with Gasteiger partial charge in [-0.2, -0.15) is 0 Å². The molecule has 0 saturated carbocycles. The summed E-state index contributed by atoms with van der Waals surface area (Å²) in [5.74, 6) is 0.440. The van der Waals surface area contributed by atoms with Gasteiger partial charge in [0.2, 0.25) is 0 Å². The molecule has 1 saturated heterocycles. The summed E-state index contributed by atoms with van der Waals surface area (Å²) in [6, 6.07) is 7.33. The Hall–Kier alpha value is -1.39. The highest BCUT2D eigenvalue weighted by molar-refractivity contribution is 14.0. The summed E-state index contributed by atoms with van der Waals surface area (Å²) in [5, 5.41) is 6.57. The van der Waals surface area contributed by atoms with Crippen LogP contribution in [0, 0.1) is 0 Å². The summed E-state index contributed by atoms with van der Waals surface area (Å²) >= 11 is 0. The molecule has 2 N–H and O–H groups in total. The van der Waals surface area contributed by atoms with Crippen molar-refractivity contribution in [2.24, 2.45) is 4.99 Å². The topological polar surface area (TPSA) is 75.2 Å². The van der Waals surface area contributed by atoms with Gasteiger partial charge in [-0.1, -0.05) is 12.1 Å². The van der Waals surface area contributed by atoms with E-state index in [4.69, 9.17) is 9.47 Å². The summed E-state index contributed by atoms with van der Waals surface area (Å²) in [5.41, 5.74) is 1.62. The average molecular weight is 462 g/mol. The SMILES string of the molecule is CN=C(NCCN1CCOCC1)NCc1ccc(C(=O)OC)cc1.I. The minimum absolute atomic E-state index is 0. The Morgan fingerprint density at radius 3 is 2.52 bits per heavy atom. The molecule has 0 radical (unpaired) electrons. The van der Waals surface area contributed by atoms with Gasteiger partial charge in [0, 0.05) is 39.8 Å². The Morgan fingerprint density at radius 2 is 1.92 bits per heavy atom. The fraction of sp³-hybridized carbons (Fsp3) is 0.529. The number of rotatable bonds is 6. The van der Waals surface area contributed by atoms with Crippen molar-refractivity contribution in [3.05, 3.63) is 35.4 Å². The van der Waals surface area contributed by atoms with Crippen molar-refractivity contribution in [2.45, 2.75) is 6.54 Å². The summed E-state index contributed by atoms with van der Waals surface area (Å²) in [6.45, 7) is 6.04. The lowest BCUT2D eigenvalue weighted by molar-refractivity contribution is 0.0389. The predicted molar refractivity (Wildman–Crippen MR) is 109 cm³/mol. The van der Waals surface area contributed by atoms with Gasteiger partial charge in [-0.15, -0.1) is 24.0 Å². The number of guanidine groups is 1. The number of esters is 1. The third kappa shape index (κ3) is 7.57. The van der Waals surface area contributed by atoms with Crippen LogP contribution in [0.3, 0.4) is 0 Å². The summed E-state index contributed by atoms with van der Waals surface area (Å²) in [6.07, 6.45) is 0. The lowest BCUT2D eigenvalue weighted by atomic mass is 10.1. The van der Waals surface area contributed by atoms with Crippen molar-refractivity contribution in [1.29, 1.82) is 0 Å². The maximum absolute atomic E-state index is 11.4. The van der Waals surface area contributed by atoms with Crippen LogP contribution in [0.15, 0.2) is 29.3 Å². The van der Waals surface area contributed by atoms with Crippen LogP contribution in [0.25, 0.3) is 0 Å². The molecule has 8 heteroatoms. The molecule has 140 valence electrons. The fourth-order valence-corrected chi connectivity index (χ4v) is 2.44. The zero-order valence-electron chi connectivity index (χ0n) is 14.8. The number of ether oxygens (including phenoxy) is 2. The summed E-state index contributed by atoms with van der Waals surface area (Å²) in [4.78, 5) is 18.0. The van der Waals surface area contributed by atoms with Crippen LogP contribution in [-0.4, -0.2) is 70.4 Å². The maximum atomic E-state index is 11.4. The Labute approximate surface area is 166 Å². The highest BCUT2D eigenvalue weighted by Gasteiger charge is 2.09. The van der Waals surface area contributed by atoms with Gasteiger partial charge in [0.25, 0.3) is 0 Å². The van der Waals surface area contributed by atoms with Crippen molar-refractivity contribution in [3.63, 3.8) is 0 Å². The zero-order chi connectivity index (χ0) is 17.2. The molecule has 7 nitrogen and oxygen atoms in total. The van der Waals surface area contributed by atoms with Crippen molar-refractivity contribution in [1.82, 2.24) is 15.5 Å². The van der Waals surface area contributed by atoms with Gasteiger partial charge in [0.15, 0.2) is 5.96 Å². The molecule has 0 atom stereocenters. The highest BCUT2D eigenvalue weighted by atomic mass is 127. The first kappa shape index (κ1) is 21.7. The van der Waals surface area contributed by atoms with Gasteiger partial charge in [0.1, 0.15) is 0 Å². The number of nitrogens with one attached hydrogen (secondary N) is 2. The predicted octanol–water partition coefficient (Wildman–Crippen LogP) is 1.09. The quantitative estimate of drug-likeness (QED) is 0.286. The lowest BCUT2D eigenvalue weighted by Gasteiger charge is -2.26. The third-order valence-corrected chi connectivity index (χ3v) is 3.88. The third-order valence-electron chi connectivity index (χ3n) is 3.88. The zero-order valence-corrected chi connectivity index (χ0v) is 17.1. The minimum atomic E-state index is -0.324. The normalized spacial score (nSPS) is 15.2. The van der Waals surface area contributed by atoms with Crippen molar-refractivity contribution in [3.8, 4) is 0 Å². The monoisotopic (exact) mass is 462 g/mol. The number of hydrogen-bond donors (Lipinski definition) is 2. The number of morpholine rings is 1. The van der Waals surface area contributed by atoms with E-state index in [1.807, 2.05) is 12.1 Å². The van der Waals surface area contributed by atoms with Gasteiger partial charge in [-0.25, -0.2) is 4.79 Å². The number of benzene rings is 1. The second-order valence-electron chi connectivity index (χ2n) is 5.50. The minimum Gasteiger partial charge on any atom is -0.465 e. The molecule has 2 rings (SSSR count). The van der Waals surface area contributed by atoms with Crippen molar-refractivity contribution >= 4 is 35.9 Å². The molecule has 1 aliphatic heterocycles. The molecule has 0 bridgehead atoms. The standard InChI is InChI=1S/C17H26N4O3.HI/c1-18-17(19-7-8-21-9-11-24-12-10-21)20-13-14-3-5-15(6-4-14)16(22)23-2;/h3-6H,7-13H2,1-2H3,(H2,18,19,20);1H. The van der Waals surface area contributed by atoms with E-state index >= 15 is 0 Å². The molecule has 0 amide bonds. The number of hydrogen-bond acceptors (Lipinski definition) is 5. The van der Waals surface area contributed by atoms with Gasteiger partial charge in [0.05, 0.1) is 25.9 Å². The average Bonchev–Trinajstić information content (AvgIpc) is 2.65. The molecule has 0 aromatic heterocycles. The van der Waals surface area contributed by atoms with Gasteiger partial charge in [-0.05, 0) is 17.7 Å². The number of aliphatic imine (C=N–C) groups is 1. The molecule has 1 aliphatic rings. The Bertz CT molecular complexity index is 545. The van der Waals surface area contributed by atoms with Crippen LogP contribution in [0.5, 0.6) is 0 Å². The van der Waals surface area contributed by atoms with E-state index in [1.165, 1.54) is 7.11 Å². The van der Waals surface area contributed by atoms with Gasteiger partial charge < -0.3 is 20.1 Å². The smallest absolute Gasteiger partial charge is 0.337 e. The molecule has 0 aliphatic carbocycles. The second-order valence-corrected chi connectivity index (χ2v) is 5.50. The van der Waals surface area contributed by atoms with Crippen LogP contribution >= 0.6 is 24.0 Å². The van der Waals surface area contributed by atoms with Crippen LogP contribution in [-0.2, 0) is 16.0 Å². The number of halogens is 1. The van der Waals surface area contributed by atoms with Crippen LogP contribution in [0.2, 0.25) is 0 Å². The van der Waals surface area contributed by atoms with Crippen LogP contribution < -0.4 is 10.6 Å². The highest BCUT2D eigenvalue weighted by Crippen LogP contribution is 2.05. The molecular weight excluding hydrogens is 435 g/mol. The first-order valence-electron chi connectivity index (χ1n) is 8.15. The first-order valence-corrected chi connectivity index (χ1v) is 8.15. The maximum Gasteiger partial charge on any atom is 0.337 e. The lowest BCUT2D eigenvalue weighted by Crippen LogP contribution is -2.44. The summed E-state index contributed by atoms with van der Waals surface area (Å²) < 4.78 is 10.0. The van der Waals surface area contributed by atoms with Crippen molar-refractivity contribution < 1.29 is 14.3 Å². The number of carbonyl (C=O) groups is 1. The Morgan fingerprint density at radius 1 is 1.24 bits per heavy atom. The van der Waals surface area contributed by atoms with Crippen molar-refractivity contribution in [2.75, 3.05) is 53.6 Å². The van der Waals surface area contributed by atoms with Gasteiger partial charge >= 0.3 is 5.97 Å². The number of carbonyl (C=O) groups excluding carboxylic acids is 1. The van der Waals surface area contributed by atoms with Gasteiger partial charge in [-0.3, -0.25) is 9.89 Å². The fourth-order valence-electron chi connectivity index (χ4n) is 2.44. The summed E-state index contributed by atoms with van der Waals surface area (Å²) in [7, 11) is 3.13. The molecule has 25 heavy (non-hydrogen) atoms.